The zero-order valence-electron chi connectivity index (χ0n) is 16.5. The summed E-state index contributed by atoms with van der Waals surface area (Å²) in [6, 6.07) is 8.53. The lowest BCUT2D eigenvalue weighted by atomic mass is 10.0. The van der Waals surface area contributed by atoms with Gasteiger partial charge in [-0.2, -0.15) is 0 Å². The molecule has 1 aliphatic carbocycles. The maximum absolute atomic E-state index is 12.7. The van der Waals surface area contributed by atoms with Crippen LogP contribution in [0.4, 0.5) is 0 Å². The molecule has 2 aromatic rings. The van der Waals surface area contributed by atoms with Crippen LogP contribution in [0.2, 0.25) is 0 Å². The first-order valence-electron chi connectivity index (χ1n) is 9.30. The number of nitrogens with zero attached hydrogens (tertiary/aromatic N) is 1. The Morgan fingerprint density at radius 2 is 2.00 bits per heavy atom. The standard InChI is InChI=1S/C21H28N2O3S/c1-14-10-19(25-3)20(26-4)11-18(14)15(2)22-21(24)13-23(16-7-8-16)12-17-6-5-9-27-17/h5-6,9-11,15-16H,7-8,12-13H2,1-4H3,(H,22,24). The van der Waals surface area contributed by atoms with Crippen LogP contribution in [0.3, 0.4) is 0 Å². The molecule has 0 radical (unpaired) electrons. The second-order valence-corrected chi connectivity index (χ2v) is 8.10. The van der Waals surface area contributed by atoms with Gasteiger partial charge in [-0.25, -0.2) is 0 Å². The predicted molar refractivity (Wildman–Crippen MR) is 109 cm³/mol. The highest BCUT2D eigenvalue weighted by Crippen LogP contribution is 2.33. The molecular weight excluding hydrogens is 360 g/mol. The van der Waals surface area contributed by atoms with Crippen molar-refractivity contribution in [2.24, 2.45) is 0 Å². The molecule has 1 aliphatic rings. The van der Waals surface area contributed by atoms with Crippen LogP contribution in [0.25, 0.3) is 0 Å². The van der Waals surface area contributed by atoms with E-state index in [4.69, 9.17) is 9.47 Å². The quantitative estimate of drug-likeness (QED) is 0.707. The van der Waals surface area contributed by atoms with Crippen molar-refractivity contribution < 1.29 is 14.3 Å². The topological polar surface area (TPSA) is 50.8 Å². The first-order chi connectivity index (χ1) is 13.0. The molecule has 0 saturated heterocycles. The first-order valence-corrected chi connectivity index (χ1v) is 10.2. The summed E-state index contributed by atoms with van der Waals surface area (Å²) in [7, 11) is 3.25. The minimum Gasteiger partial charge on any atom is -0.493 e. The van der Waals surface area contributed by atoms with Crippen molar-refractivity contribution >= 4 is 17.2 Å². The summed E-state index contributed by atoms with van der Waals surface area (Å²) in [6.07, 6.45) is 2.37. The minimum absolute atomic E-state index is 0.0557. The van der Waals surface area contributed by atoms with E-state index in [1.165, 1.54) is 17.7 Å². The molecule has 0 spiro atoms. The van der Waals surface area contributed by atoms with Gasteiger partial charge in [-0.05, 0) is 61.4 Å². The third kappa shape index (κ3) is 5.02. The third-order valence-electron chi connectivity index (χ3n) is 4.97. The van der Waals surface area contributed by atoms with Gasteiger partial charge in [0.1, 0.15) is 0 Å². The molecule has 6 heteroatoms. The second-order valence-electron chi connectivity index (χ2n) is 7.07. The summed E-state index contributed by atoms with van der Waals surface area (Å²) in [4.78, 5) is 16.3. The zero-order chi connectivity index (χ0) is 19.4. The number of carbonyl (C=O) groups excluding carboxylic acids is 1. The van der Waals surface area contributed by atoms with Crippen molar-refractivity contribution in [3.05, 3.63) is 45.6 Å². The summed E-state index contributed by atoms with van der Waals surface area (Å²) in [5, 5.41) is 5.23. The number of amides is 1. The summed E-state index contributed by atoms with van der Waals surface area (Å²) < 4.78 is 10.8. The largest absolute Gasteiger partial charge is 0.493 e. The third-order valence-corrected chi connectivity index (χ3v) is 5.83. The molecule has 3 rings (SSSR count). The van der Waals surface area contributed by atoms with Gasteiger partial charge in [-0.15, -0.1) is 11.3 Å². The molecule has 0 aliphatic heterocycles. The molecule has 146 valence electrons. The lowest BCUT2D eigenvalue weighted by Crippen LogP contribution is -2.39. The van der Waals surface area contributed by atoms with E-state index in [2.05, 4.69) is 27.7 Å². The molecule has 1 aromatic heterocycles. The number of nitrogens with one attached hydrogen (secondary N) is 1. The predicted octanol–water partition coefficient (Wildman–Crippen LogP) is 3.92. The van der Waals surface area contributed by atoms with Crippen LogP contribution in [-0.2, 0) is 11.3 Å². The Bertz CT molecular complexity index is 772. The van der Waals surface area contributed by atoms with Crippen molar-refractivity contribution in [3.63, 3.8) is 0 Å². The van der Waals surface area contributed by atoms with E-state index in [1.807, 2.05) is 26.0 Å². The number of ether oxygens (including phenoxy) is 2. The van der Waals surface area contributed by atoms with Gasteiger partial charge in [0.15, 0.2) is 11.5 Å². The van der Waals surface area contributed by atoms with Crippen LogP contribution in [0, 0.1) is 6.92 Å². The molecule has 1 saturated carbocycles. The molecule has 1 fully saturated rings. The zero-order valence-corrected chi connectivity index (χ0v) is 17.3. The van der Waals surface area contributed by atoms with Gasteiger partial charge in [0.05, 0.1) is 26.8 Å². The Labute approximate surface area is 165 Å². The Hall–Kier alpha value is -2.05. The van der Waals surface area contributed by atoms with Crippen LogP contribution in [-0.4, -0.2) is 37.6 Å². The van der Waals surface area contributed by atoms with Crippen molar-refractivity contribution in [2.45, 2.75) is 45.3 Å². The summed E-state index contributed by atoms with van der Waals surface area (Å²) in [5.74, 6) is 1.43. The molecule has 1 unspecified atom stereocenters. The van der Waals surface area contributed by atoms with Gasteiger partial charge < -0.3 is 14.8 Å². The fourth-order valence-corrected chi connectivity index (χ4v) is 4.10. The number of hydrogen-bond donors (Lipinski definition) is 1. The Morgan fingerprint density at radius 3 is 2.59 bits per heavy atom. The van der Waals surface area contributed by atoms with Gasteiger partial charge in [-0.3, -0.25) is 9.69 Å². The van der Waals surface area contributed by atoms with Crippen molar-refractivity contribution in [2.75, 3.05) is 20.8 Å². The summed E-state index contributed by atoms with van der Waals surface area (Å²) in [5.41, 5.74) is 2.11. The molecule has 5 nitrogen and oxygen atoms in total. The maximum Gasteiger partial charge on any atom is 0.234 e. The molecule has 1 N–H and O–H groups in total. The molecule has 27 heavy (non-hydrogen) atoms. The van der Waals surface area contributed by atoms with Crippen LogP contribution >= 0.6 is 11.3 Å². The van der Waals surface area contributed by atoms with Crippen LogP contribution in [0.1, 0.15) is 41.8 Å². The number of methoxy groups -OCH3 is 2. The Balaban J connectivity index is 1.64. The molecule has 1 atom stereocenters. The van der Waals surface area contributed by atoms with Gasteiger partial charge >= 0.3 is 0 Å². The number of aryl methyl sites for hydroxylation is 1. The summed E-state index contributed by atoms with van der Waals surface area (Å²) in [6.45, 7) is 5.30. The van der Waals surface area contributed by atoms with E-state index >= 15 is 0 Å². The molecule has 0 bridgehead atoms. The fraction of sp³-hybridized carbons (Fsp3) is 0.476. The average Bonchev–Trinajstić information content (AvgIpc) is 3.38. The van der Waals surface area contributed by atoms with Crippen molar-refractivity contribution in [1.29, 1.82) is 0 Å². The number of thiophene rings is 1. The maximum atomic E-state index is 12.7. The second kappa shape index (κ2) is 8.76. The lowest BCUT2D eigenvalue weighted by molar-refractivity contribution is -0.123. The van der Waals surface area contributed by atoms with Crippen molar-refractivity contribution in [1.82, 2.24) is 10.2 Å². The van der Waals surface area contributed by atoms with E-state index in [0.29, 0.717) is 24.1 Å². The smallest absolute Gasteiger partial charge is 0.234 e. The highest BCUT2D eigenvalue weighted by Gasteiger charge is 2.30. The van der Waals surface area contributed by atoms with Gasteiger partial charge in [0, 0.05) is 17.5 Å². The van der Waals surface area contributed by atoms with Gasteiger partial charge in [0.2, 0.25) is 5.91 Å². The number of carbonyl (C=O) groups is 1. The van der Waals surface area contributed by atoms with E-state index in [9.17, 15) is 4.79 Å². The first kappa shape index (κ1) is 19.7. The molecule has 1 aromatic carbocycles. The van der Waals surface area contributed by atoms with Gasteiger partial charge in [0.25, 0.3) is 0 Å². The molecular formula is C21H28N2O3S. The molecule has 1 amide bonds. The van der Waals surface area contributed by atoms with E-state index in [-0.39, 0.29) is 11.9 Å². The highest BCUT2D eigenvalue weighted by atomic mass is 32.1. The fourth-order valence-electron chi connectivity index (χ4n) is 3.37. The lowest BCUT2D eigenvalue weighted by Gasteiger charge is -2.23. The van der Waals surface area contributed by atoms with Crippen molar-refractivity contribution in [3.8, 4) is 11.5 Å². The summed E-state index contributed by atoms with van der Waals surface area (Å²) >= 11 is 1.74. The van der Waals surface area contributed by atoms with E-state index in [1.54, 1.807) is 25.6 Å². The average molecular weight is 389 g/mol. The SMILES string of the molecule is COc1cc(C)c(C(C)NC(=O)CN(Cc2cccs2)C2CC2)cc1OC. The van der Waals surface area contributed by atoms with Crippen LogP contribution in [0.5, 0.6) is 11.5 Å². The number of rotatable bonds is 9. The minimum atomic E-state index is -0.0971. The van der Waals surface area contributed by atoms with Crippen LogP contribution in [0.15, 0.2) is 29.6 Å². The number of benzene rings is 1. The van der Waals surface area contributed by atoms with Crippen LogP contribution < -0.4 is 14.8 Å². The molecule has 1 heterocycles. The normalized spacial score (nSPS) is 14.9. The number of hydrogen-bond acceptors (Lipinski definition) is 5. The van der Waals surface area contributed by atoms with E-state index in [0.717, 1.165) is 17.7 Å². The van der Waals surface area contributed by atoms with E-state index < -0.39 is 0 Å². The highest BCUT2D eigenvalue weighted by molar-refractivity contribution is 7.09. The Morgan fingerprint density at radius 1 is 1.30 bits per heavy atom. The van der Waals surface area contributed by atoms with Gasteiger partial charge in [-0.1, -0.05) is 6.07 Å². The monoisotopic (exact) mass is 388 g/mol. The Kier molecular flexibility index (Phi) is 6.39.